The van der Waals surface area contributed by atoms with Crippen molar-refractivity contribution >= 4 is 11.9 Å². The molecule has 0 fully saturated rings. The molecule has 0 aliphatic heterocycles. The highest BCUT2D eigenvalue weighted by Gasteiger charge is 2.34. The van der Waals surface area contributed by atoms with Gasteiger partial charge in [-0.25, -0.2) is 4.79 Å². The summed E-state index contributed by atoms with van der Waals surface area (Å²) in [5, 5.41) is 11.4. The van der Waals surface area contributed by atoms with Gasteiger partial charge in [-0.1, -0.05) is 13.8 Å². The second kappa shape index (κ2) is 4.25. The van der Waals surface area contributed by atoms with Gasteiger partial charge in [0.25, 0.3) is 0 Å². The molecule has 0 unspecified atom stereocenters. The molecule has 0 rings (SSSR count). The second-order valence-electron chi connectivity index (χ2n) is 3.92. The number of carboxylic acid groups (broad SMARTS) is 1. The maximum Gasteiger partial charge on any atom is 0.329 e. The molecule has 2 N–H and O–H groups in total. The molecule has 0 aliphatic rings. The van der Waals surface area contributed by atoms with Crippen LogP contribution in [0.2, 0.25) is 0 Å². The summed E-state index contributed by atoms with van der Waals surface area (Å²) in [6.07, 6.45) is 0.432. The quantitative estimate of drug-likeness (QED) is 0.690. The SMILES string of the molecule is CC(=O)N[C@](C)(CC(C)C)C(=O)O. The molecule has 0 aliphatic carbocycles. The number of rotatable bonds is 4. The van der Waals surface area contributed by atoms with Crippen LogP contribution in [-0.2, 0) is 9.59 Å². The first-order valence-corrected chi connectivity index (χ1v) is 4.30. The normalized spacial score (nSPS) is 15.2. The van der Waals surface area contributed by atoms with Crippen molar-refractivity contribution in [3.8, 4) is 0 Å². The Morgan fingerprint density at radius 3 is 2.15 bits per heavy atom. The molecule has 0 spiro atoms. The van der Waals surface area contributed by atoms with E-state index in [1.807, 2.05) is 13.8 Å². The number of nitrogens with one attached hydrogen (secondary N) is 1. The highest BCUT2D eigenvalue weighted by atomic mass is 16.4. The van der Waals surface area contributed by atoms with E-state index in [-0.39, 0.29) is 11.8 Å². The Bertz CT molecular complexity index is 213. The van der Waals surface area contributed by atoms with Crippen molar-refractivity contribution in [1.82, 2.24) is 5.32 Å². The van der Waals surface area contributed by atoms with E-state index < -0.39 is 11.5 Å². The van der Waals surface area contributed by atoms with Gasteiger partial charge in [-0.05, 0) is 19.3 Å². The number of amides is 1. The van der Waals surface area contributed by atoms with Crippen LogP contribution in [0.4, 0.5) is 0 Å². The van der Waals surface area contributed by atoms with Crippen molar-refractivity contribution in [3.63, 3.8) is 0 Å². The Labute approximate surface area is 78.3 Å². The molecule has 0 saturated heterocycles. The minimum atomic E-state index is -1.14. The van der Waals surface area contributed by atoms with Gasteiger partial charge in [-0.3, -0.25) is 4.79 Å². The Morgan fingerprint density at radius 2 is 1.92 bits per heavy atom. The molecule has 13 heavy (non-hydrogen) atoms. The predicted octanol–water partition coefficient (Wildman–Crippen LogP) is 1.01. The minimum Gasteiger partial charge on any atom is -0.480 e. The standard InChI is InChI=1S/C9H17NO3/c1-6(2)5-9(4,8(12)13)10-7(3)11/h6H,5H2,1-4H3,(H,10,11)(H,12,13)/t9-/m1/s1. The van der Waals surface area contributed by atoms with Crippen molar-refractivity contribution in [2.75, 3.05) is 0 Å². The Balaban J connectivity index is 4.52. The fourth-order valence-corrected chi connectivity index (χ4v) is 1.40. The fourth-order valence-electron chi connectivity index (χ4n) is 1.40. The van der Waals surface area contributed by atoms with E-state index in [0.29, 0.717) is 6.42 Å². The summed E-state index contributed by atoms with van der Waals surface area (Å²) in [5.74, 6) is -1.07. The third kappa shape index (κ3) is 3.92. The van der Waals surface area contributed by atoms with Crippen molar-refractivity contribution in [3.05, 3.63) is 0 Å². The molecule has 4 nitrogen and oxygen atoms in total. The van der Waals surface area contributed by atoms with Gasteiger partial charge < -0.3 is 10.4 Å². The molecule has 0 bridgehead atoms. The van der Waals surface area contributed by atoms with Crippen molar-refractivity contribution in [2.45, 2.75) is 39.7 Å². The van der Waals surface area contributed by atoms with Crippen LogP contribution in [0.1, 0.15) is 34.1 Å². The first-order valence-electron chi connectivity index (χ1n) is 4.30. The summed E-state index contributed by atoms with van der Waals surface area (Å²) in [6.45, 7) is 6.68. The molecule has 4 heteroatoms. The van der Waals surface area contributed by atoms with E-state index in [0.717, 1.165) is 0 Å². The Kier molecular flexibility index (Phi) is 3.91. The highest BCUT2D eigenvalue weighted by Crippen LogP contribution is 2.16. The van der Waals surface area contributed by atoms with Crippen molar-refractivity contribution < 1.29 is 14.7 Å². The minimum absolute atomic E-state index is 0.230. The van der Waals surface area contributed by atoms with Crippen LogP contribution in [0.25, 0.3) is 0 Å². The molecular formula is C9H17NO3. The smallest absolute Gasteiger partial charge is 0.329 e. The first kappa shape index (κ1) is 11.9. The van der Waals surface area contributed by atoms with Crippen LogP contribution >= 0.6 is 0 Å². The lowest BCUT2D eigenvalue weighted by molar-refractivity contribution is -0.147. The zero-order valence-corrected chi connectivity index (χ0v) is 8.55. The van der Waals surface area contributed by atoms with Crippen LogP contribution in [0.5, 0.6) is 0 Å². The van der Waals surface area contributed by atoms with Crippen LogP contribution in [-0.4, -0.2) is 22.5 Å². The van der Waals surface area contributed by atoms with Crippen LogP contribution in [0.15, 0.2) is 0 Å². The largest absolute Gasteiger partial charge is 0.480 e. The average Bonchev–Trinajstić information content (AvgIpc) is 1.82. The van der Waals surface area contributed by atoms with E-state index in [4.69, 9.17) is 5.11 Å². The molecule has 76 valence electrons. The summed E-state index contributed by atoms with van der Waals surface area (Å²) in [5.41, 5.74) is -1.14. The van der Waals surface area contributed by atoms with E-state index in [2.05, 4.69) is 5.32 Å². The number of carbonyl (C=O) groups excluding carboxylic acids is 1. The van der Waals surface area contributed by atoms with Gasteiger partial charge in [-0.15, -0.1) is 0 Å². The van der Waals surface area contributed by atoms with Gasteiger partial charge in [0.15, 0.2) is 0 Å². The fraction of sp³-hybridized carbons (Fsp3) is 0.778. The van der Waals surface area contributed by atoms with E-state index in [1.54, 1.807) is 0 Å². The molecule has 0 aromatic carbocycles. The Hall–Kier alpha value is -1.06. The molecule has 0 aromatic rings. The number of hydrogen-bond acceptors (Lipinski definition) is 2. The monoisotopic (exact) mass is 187 g/mol. The third-order valence-electron chi connectivity index (χ3n) is 1.74. The highest BCUT2D eigenvalue weighted by molar-refractivity contribution is 5.85. The predicted molar refractivity (Wildman–Crippen MR) is 49.3 cm³/mol. The summed E-state index contributed by atoms with van der Waals surface area (Å²) < 4.78 is 0. The second-order valence-corrected chi connectivity index (χ2v) is 3.92. The maximum absolute atomic E-state index is 10.9. The third-order valence-corrected chi connectivity index (χ3v) is 1.74. The van der Waals surface area contributed by atoms with E-state index in [9.17, 15) is 9.59 Å². The summed E-state index contributed by atoms with van der Waals surface area (Å²) in [4.78, 5) is 21.6. The number of carbonyl (C=O) groups is 2. The molecule has 0 aromatic heterocycles. The average molecular weight is 187 g/mol. The van der Waals surface area contributed by atoms with Gasteiger partial charge in [-0.2, -0.15) is 0 Å². The summed E-state index contributed by atoms with van der Waals surface area (Å²) >= 11 is 0. The van der Waals surface area contributed by atoms with Gasteiger partial charge in [0.05, 0.1) is 0 Å². The van der Waals surface area contributed by atoms with Gasteiger partial charge in [0, 0.05) is 6.92 Å². The summed E-state index contributed by atoms with van der Waals surface area (Å²) in [7, 11) is 0. The maximum atomic E-state index is 10.9. The lowest BCUT2D eigenvalue weighted by atomic mass is 9.91. The molecule has 0 heterocycles. The lowest BCUT2D eigenvalue weighted by Gasteiger charge is -2.27. The molecule has 1 atom stereocenters. The van der Waals surface area contributed by atoms with Crippen molar-refractivity contribution in [1.29, 1.82) is 0 Å². The van der Waals surface area contributed by atoms with Gasteiger partial charge >= 0.3 is 5.97 Å². The molecule has 1 amide bonds. The van der Waals surface area contributed by atoms with Crippen molar-refractivity contribution in [2.24, 2.45) is 5.92 Å². The topological polar surface area (TPSA) is 66.4 Å². The van der Waals surface area contributed by atoms with Crippen LogP contribution < -0.4 is 5.32 Å². The summed E-state index contributed by atoms with van der Waals surface area (Å²) in [6, 6.07) is 0. The lowest BCUT2D eigenvalue weighted by Crippen LogP contribution is -2.52. The van der Waals surface area contributed by atoms with Gasteiger partial charge in [0.1, 0.15) is 5.54 Å². The number of carboxylic acids is 1. The molecular weight excluding hydrogens is 170 g/mol. The number of aliphatic carboxylic acids is 1. The zero-order chi connectivity index (χ0) is 10.6. The van der Waals surface area contributed by atoms with Crippen LogP contribution in [0.3, 0.4) is 0 Å². The molecule has 0 saturated carbocycles. The Morgan fingerprint density at radius 1 is 1.46 bits per heavy atom. The zero-order valence-electron chi connectivity index (χ0n) is 8.55. The van der Waals surface area contributed by atoms with Gasteiger partial charge in [0.2, 0.25) is 5.91 Å². The van der Waals surface area contributed by atoms with E-state index >= 15 is 0 Å². The van der Waals surface area contributed by atoms with E-state index in [1.165, 1.54) is 13.8 Å². The number of hydrogen-bond donors (Lipinski definition) is 2. The van der Waals surface area contributed by atoms with Crippen LogP contribution in [0, 0.1) is 5.92 Å². The first-order chi connectivity index (χ1) is 5.78. The molecule has 0 radical (unpaired) electrons.